The summed E-state index contributed by atoms with van der Waals surface area (Å²) in [7, 11) is 4.73. The van der Waals surface area contributed by atoms with Crippen molar-refractivity contribution in [2.75, 3.05) is 26.6 Å². The van der Waals surface area contributed by atoms with Gasteiger partial charge in [0.2, 0.25) is 0 Å². The number of H-pyrrole nitrogens is 1. The van der Waals surface area contributed by atoms with Crippen LogP contribution in [0.5, 0.6) is 17.2 Å². The molecule has 0 bridgehead atoms. The molecule has 3 rings (SSSR count). The Labute approximate surface area is 145 Å². The van der Waals surface area contributed by atoms with Crippen LogP contribution < -0.4 is 19.5 Å². The number of hydrogen-bond donors (Lipinski definition) is 2. The summed E-state index contributed by atoms with van der Waals surface area (Å²) in [6.45, 7) is 1.91. The average Bonchev–Trinajstić information content (AvgIpc) is 2.97. The number of methoxy groups -OCH3 is 3. The fourth-order valence-electron chi connectivity index (χ4n) is 2.78. The molecule has 0 unspecified atom stereocenters. The highest BCUT2D eigenvalue weighted by molar-refractivity contribution is 6.08. The number of amides is 1. The van der Waals surface area contributed by atoms with Crippen LogP contribution in [0.4, 0.5) is 5.69 Å². The Kier molecular flexibility index (Phi) is 4.52. The summed E-state index contributed by atoms with van der Waals surface area (Å²) in [6.07, 6.45) is 0. The molecular weight excluding hydrogens is 320 g/mol. The van der Waals surface area contributed by atoms with Gasteiger partial charge in [0.1, 0.15) is 11.4 Å². The van der Waals surface area contributed by atoms with E-state index in [0.29, 0.717) is 22.9 Å². The molecule has 3 aromatic rings. The number of aryl methyl sites for hydroxylation is 1. The molecule has 1 heterocycles. The van der Waals surface area contributed by atoms with Gasteiger partial charge in [0.25, 0.3) is 5.91 Å². The Morgan fingerprint density at radius 1 is 0.960 bits per heavy atom. The molecule has 0 aliphatic heterocycles. The van der Waals surface area contributed by atoms with Crippen molar-refractivity contribution in [2.45, 2.75) is 6.92 Å². The summed E-state index contributed by atoms with van der Waals surface area (Å²) in [4.78, 5) is 15.8. The van der Waals surface area contributed by atoms with E-state index in [-0.39, 0.29) is 5.91 Å². The minimum atomic E-state index is -0.222. The molecule has 0 radical (unpaired) electrons. The van der Waals surface area contributed by atoms with Crippen LogP contribution in [-0.4, -0.2) is 32.2 Å². The van der Waals surface area contributed by atoms with Gasteiger partial charge in [-0.3, -0.25) is 4.79 Å². The molecule has 6 nitrogen and oxygen atoms in total. The van der Waals surface area contributed by atoms with E-state index >= 15 is 0 Å². The van der Waals surface area contributed by atoms with Crippen LogP contribution in [0.15, 0.2) is 36.4 Å². The maximum Gasteiger partial charge on any atom is 0.272 e. The molecule has 2 N–H and O–H groups in total. The number of aromatic amines is 1. The highest BCUT2D eigenvalue weighted by Gasteiger charge is 2.16. The Balaban J connectivity index is 1.91. The summed E-state index contributed by atoms with van der Waals surface area (Å²) in [5, 5.41) is 3.86. The first-order valence-corrected chi connectivity index (χ1v) is 7.77. The van der Waals surface area contributed by atoms with Crippen molar-refractivity contribution in [1.82, 2.24) is 4.98 Å². The Morgan fingerprint density at radius 3 is 2.40 bits per heavy atom. The zero-order valence-electron chi connectivity index (χ0n) is 14.6. The van der Waals surface area contributed by atoms with Gasteiger partial charge in [-0.05, 0) is 36.8 Å². The average molecular weight is 340 g/mol. The Hall–Kier alpha value is -3.15. The van der Waals surface area contributed by atoms with Crippen molar-refractivity contribution < 1.29 is 19.0 Å². The molecule has 0 fully saturated rings. The molecule has 130 valence electrons. The van der Waals surface area contributed by atoms with Crippen molar-refractivity contribution in [1.29, 1.82) is 0 Å². The molecule has 0 spiro atoms. The fourth-order valence-corrected chi connectivity index (χ4v) is 2.78. The second kappa shape index (κ2) is 6.76. The maximum atomic E-state index is 12.7. The summed E-state index contributed by atoms with van der Waals surface area (Å²) >= 11 is 0. The zero-order chi connectivity index (χ0) is 18.0. The van der Waals surface area contributed by atoms with Gasteiger partial charge in [-0.15, -0.1) is 0 Å². The first-order valence-electron chi connectivity index (χ1n) is 7.77. The third kappa shape index (κ3) is 3.10. The number of ether oxygens (including phenoxy) is 3. The molecule has 0 aliphatic rings. The van der Waals surface area contributed by atoms with E-state index in [0.717, 1.165) is 22.2 Å². The van der Waals surface area contributed by atoms with Gasteiger partial charge in [0.15, 0.2) is 11.5 Å². The number of aromatic nitrogens is 1. The number of benzene rings is 2. The molecule has 1 aromatic heterocycles. The number of nitrogens with one attached hydrogen (secondary N) is 2. The SMILES string of the molecule is COc1ccc2c(C)c(C(=O)Nc3ccc(OC)c(OC)c3)[nH]c2c1. The van der Waals surface area contributed by atoms with Crippen molar-refractivity contribution in [3.63, 3.8) is 0 Å². The number of carbonyl (C=O) groups excluding carboxylic acids is 1. The Bertz CT molecular complexity index is 931. The lowest BCUT2D eigenvalue weighted by Crippen LogP contribution is -2.13. The predicted molar refractivity (Wildman–Crippen MR) is 97.1 cm³/mol. The topological polar surface area (TPSA) is 72.6 Å². The molecule has 1 amide bonds. The second-order valence-electron chi connectivity index (χ2n) is 5.56. The molecule has 25 heavy (non-hydrogen) atoms. The maximum absolute atomic E-state index is 12.7. The number of fused-ring (bicyclic) bond motifs is 1. The van der Waals surface area contributed by atoms with Gasteiger partial charge in [0, 0.05) is 28.7 Å². The van der Waals surface area contributed by atoms with Crippen LogP contribution in [-0.2, 0) is 0 Å². The minimum Gasteiger partial charge on any atom is -0.497 e. The lowest BCUT2D eigenvalue weighted by molar-refractivity contribution is 0.102. The van der Waals surface area contributed by atoms with Crippen LogP contribution in [0.1, 0.15) is 16.1 Å². The molecule has 0 atom stereocenters. The van der Waals surface area contributed by atoms with Gasteiger partial charge < -0.3 is 24.5 Å². The van der Waals surface area contributed by atoms with E-state index in [1.165, 1.54) is 0 Å². The van der Waals surface area contributed by atoms with E-state index in [1.54, 1.807) is 39.5 Å². The molecule has 0 saturated carbocycles. The number of carbonyl (C=O) groups is 1. The van der Waals surface area contributed by atoms with Crippen LogP contribution in [0.25, 0.3) is 10.9 Å². The number of rotatable bonds is 5. The van der Waals surface area contributed by atoms with E-state index in [1.807, 2.05) is 25.1 Å². The van der Waals surface area contributed by atoms with Crippen molar-refractivity contribution >= 4 is 22.5 Å². The third-order valence-corrected chi connectivity index (χ3v) is 4.13. The summed E-state index contributed by atoms with van der Waals surface area (Å²) in [5.74, 6) is 1.67. The van der Waals surface area contributed by atoms with Crippen LogP contribution in [0.3, 0.4) is 0 Å². The van der Waals surface area contributed by atoms with E-state index in [2.05, 4.69) is 10.3 Å². The molecule has 6 heteroatoms. The second-order valence-corrected chi connectivity index (χ2v) is 5.56. The first-order chi connectivity index (χ1) is 12.1. The van der Waals surface area contributed by atoms with E-state index in [9.17, 15) is 4.79 Å². The van der Waals surface area contributed by atoms with Crippen molar-refractivity contribution in [3.8, 4) is 17.2 Å². The van der Waals surface area contributed by atoms with Gasteiger partial charge >= 0.3 is 0 Å². The van der Waals surface area contributed by atoms with E-state index < -0.39 is 0 Å². The van der Waals surface area contributed by atoms with Gasteiger partial charge in [-0.25, -0.2) is 0 Å². The lowest BCUT2D eigenvalue weighted by Gasteiger charge is -2.10. The lowest BCUT2D eigenvalue weighted by atomic mass is 10.1. The van der Waals surface area contributed by atoms with Gasteiger partial charge in [-0.1, -0.05) is 0 Å². The molecule has 0 aliphatic carbocycles. The first kappa shape index (κ1) is 16.7. The normalized spacial score (nSPS) is 10.6. The van der Waals surface area contributed by atoms with Crippen LogP contribution >= 0.6 is 0 Å². The number of anilines is 1. The van der Waals surface area contributed by atoms with E-state index in [4.69, 9.17) is 14.2 Å². The van der Waals surface area contributed by atoms with Gasteiger partial charge in [0.05, 0.1) is 21.3 Å². The monoisotopic (exact) mass is 340 g/mol. The van der Waals surface area contributed by atoms with Crippen LogP contribution in [0, 0.1) is 6.92 Å². The van der Waals surface area contributed by atoms with Gasteiger partial charge in [-0.2, -0.15) is 0 Å². The van der Waals surface area contributed by atoms with Crippen LogP contribution in [0.2, 0.25) is 0 Å². The quantitative estimate of drug-likeness (QED) is 0.742. The van der Waals surface area contributed by atoms with Crippen molar-refractivity contribution in [2.24, 2.45) is 0 Å². The molecular formula is C19H20N2O4. The van der Waals surface area contributed by atoms with Crippen molar-refractivity contribution in [3.05, 3.63) is 47.7 Å². The standard InChI is InChI=1S/C19H20N2O4/c1-11-14-7-6-13(23-2)10-15(14)21-18(11)19(22)20-12-5-8-16(24-3)17(9-12)25-4/h5-10,21H,1-4H3,(H,20,22). The highest BCUT2D eigenvalue weighted by Crippen LogP contribution is 2.30. The smallest absolute Gasteiger partial charge is 0.272 e. The predicted octanol–water partition coefficient (Wildman–Crippen LogP) is 3.75. The summed E-state index contributed by atoms with van der Waals surface area (Å²) in [6, 6.07) is 10.9. The third-order valence-electron chi connectivity index (χ3n) is 4.13. The highest BCUT2D eigenvalue weighted by atomic mass is 16.5. The zero-order valence-corrected chi connectivity index (χ0v) is 14.6. The Morgan fingerprint density at radius 2 is 1.72 bits per heavy atom. The fraction of sp³-hybridized carbons (Fsp3) is 0.211. The summed E-state index contributed by atoms with van der Waals surface area (Å²) < 4.78 is 15.7. The number of hydrogen-bond acceptors (Lipinski definition) is 4. The summed E-state index contributed by atoms with van der Waals surface area (Å²) in [5.41, 5.74) is 2.88. The minimum absolute atomic E-state index is 0.222. The molecule has 0 saturated heterocycles. The largest absolute Gasteiger partial charge is 0.497 e. The molecule has 2 aromatic carbocycles.